The Kier molecular flexibility index (Phi) is 7.68. The van der Waals surface area contributed by atoms with Crippen molar-refractivity contribution in [2.24, 2.45) is 11.8 Å². The van der Waals surface area contributed by atoms with E-state index in [9.17, 15) is 9.59 Å². The van der Waals surface area contributed by atoms with Crippen LogP contribution in [0.1, 0.15) is 52.4 Å². The Balaban J connectivity index is 1.39. The molecule has 0 aromatic heterocycles. The molecule has 1 unspecified atom stereocenters. The molecule has 1 N–H and O–H groups in total. The highest BCUT2D eigenvalue weighted by atomic mass is 35.5. The number of fused-ring (bicyclic) bond motifs is 1. The van der Waals surface area contributed by atoms with Crippen LogP contribution in [0.2, 0.25) is 0 Å². The number of aryl methyl sites for hydroxylation is 1. The summed E-state index contributed by atoms with van der Waals surface area (Å²) < 4.78 is 12.2. The van der Waals surface area contributed by atoms with E-state index in [0.29, 0.717) is 24.0 Å². The van der Waals surface area contributed by atoms with E-state index in [-0.39, 0.29) is 29.6 Å². The van der Waals surface area contributed by atoms with E-state index in [4.69, 9.17) is 21.1 Å². The molecule has 0 radical (unpaired) electrons. The number of benzene rings is 3. The van der Waals surface area contributed by atoms with Crippen molar-refractivity contribution in [2.75, 3.05) is 13.0 Å². The van der Waals surface area contributed by atoms with Crippen LogP contribution >= 0.6 is 11.6 Å². The maximum atomic E-state index is 13.8. The molecule has 6 heteroatoms. The second-order valence-electron chi connectivity index (χ2n) is 10.1. The first kappa shape index (κ1) is 26.2. The van der Waals surface area contributed by atoms with Gasteiger partial charge in [-0.2, -0.15) is 0 Å². The summed E-state index contributed by atoms with van der Waals surface area (Å²) in [4.78, 5) is 26.9. The van der Waals surface area contributed by atoms with Gasteiger partial charge in [0.15, 0.2) is 6.10 Å². The van der Waals surface area contributed by atoms with E-state index in [1.165, 1.54) is 0 Å². The van der Waals surface area contributed by atoms with E-state index in [0.717, 1.165) is 28.7 Å². The lowest BCUT2D eigenvalue weighted by molar-refractivity contribution is -0.177. The summed E-state index contributed by atoms with van der Waals surface area (Å²) in [6.07, 6.45) is 1.37. The number of amides is 1. The van der Waals surface area contributed by atoms with E-state index in [1.54, 1.807) is 7.11 Å². The predicted octanol–water partition coefficient (Wildman–Crippen LogP) is 6.37. The van der Waals surface area contributed by atoms with Gasteiger partial charge in [-0.1, -0.05) is 78.4 Å². The average molecular weight is 530 g/mol. The van der Waals surface area contributed by atoms with Gasteiger partial charge in [0.05, 0.1) is 0 Å². The van der Waals surface area contributed by atoms with Crippen molar-refractivity contribution in [3.8, 4) is 0 Å². The van der Waals surface area contributed by atoms with Gasteiger partial charge in [-0.25, -0.2) is 4.79 Å². The predicted molar refractivity (Wildman–Crippen MR) is 148 cm³/mol. The summed E-state index contributed by atoms with van der Waals surface area (Å²) in [5.74, 6) is -0.429. The Morgan fingerprint density at radius 3 is 2.13 bits per heavy atom. The number of hydrogen-bond donors (Lipinski definition) is 1. The van der Waals surface area contributed by atoms with E-state index in [1.807, 2.05) is 91.9 Å². The molecule has 1 amide bonds. The van der Waals surface area contributed by atoms with Crippen LogP contribution in [0.25, 0.3) is 0 Å². The number of carbonyl (C=O) groups is 2. The number of esters is 1. The molecule has 0 spiro atoms. The largest absolute Gasteiger partial charge is 0.449 e. The van der Waals surface area contributed by atoms with Crippen LogP contribution < -0.4 is 5.32 Å². The molecule has 1 saturated carbocycles. The third-order valence-corrected chi connectivity index (χ3v) is 8.25. The van der Waals surface area contributed by atoms with Gasteiger partial charge < -0.3 is 14.8 Å². The summed E-state index contributed by atoms with van der Waals surface area (Å²) in [7, 11) is 1.62. The minimum atomic E-state index is -0.839. The Labute approximate surface area is 228 Å². The van der Waals surface area contributed by atoms with Gasteiger partial charge in [-0.05, 0) is 48.6 Å². The minimum Gasteiger partial charge on any atom is -0.449 e. The van der Waals surface area contributed by atoms with Crippen LogP contribution in [0.3, 0.4) is 0 Å². The second kappa shape index (κ2) is 11.1. The fraction of sp³-hybridized carbons (Fsp3) is 0.312. The molecule has 5 rings (SSSR count). The van der Waals surface area contributed by atoms with Crippen LogP contribution in [0.4, 0.5) is 0 Å². The molecule has 3 aromatic carbocycles. The monoisotopic (exact) mass is 529 g/mol. The smallest absolute Gasteiger partial charge is 0.335 e. The highest BCUT2D eigenvalue weighted by Gasteiger charge is 2.59. The van der Waals surface area contributed by atoms with E-state index in [2.05, 4.69) is 5.32 Å². The van der Waals surface area contributed by atoms with Crippen molar-refractivity contribution in [1.82, 2.24) is 5.32 Å². The zero-order valence-corrected chi connectivity index (χ0v) is 22.4. The van der Waals surface area contributed by atoms with Crippen molar-refractivity contribution in [3.05, 3.63) is 118 Å². The summed E-state index contributed by atoms with van der Waals surface area (Å²) in [5.41, 5.74) is 4.17. The Bertz CT molecular complexity index is 1280. The third kappa shape index (κ3) is 5.01. The van der Waals surface area contributed by atoms with Crippen molar-refractivity contribution in [3.63, 3.8) is 0 Å². The van der Waals surface area contributed by atoms with Crippen LogP contribution in [0.5, 0.6) is 0 Å². The molecule has 0 aliphatic heterocycles. The fourth-order valence-corrected chi connectivity index (χ4v) is 6.11. The molecule has 3 aromatic rings. The fourth-order valence-electron chi connectivity index (χ4n) is 5.84. The number of carbonyl (C=O) groups excluding carboxylic acids is 2. The molecule has 0 heterocycles. The number of nitrogens with one attached hydrogen (secondary N) is 1. The molecule has 2 aliphatic carbocycles. The summed E-state index contributed by atoms with van der Waals surface area (Å²) >= 11 is 6.34. The van der Waals surface area contributed by atoms with E-state index < -0.39 is 11.8 Å². The van der Waals surface area contributed by atoms with Gasteiger partial charge in [0.1, 0.15) is 5.72 Å². The van der Waals surface area contributed by atoms with Crippen molar-refractivity contribution >= 4 is 23.5 Å². The van der Waals surface area contributed by atoms with Crippen molar-refractivity contribution < 1.29 is 19.1 Å². The first-order valence-corrected chi connectivity index (χ1v) is 13.5. The summed E-state index contributed by atoms with van der Waals surface area (Å²) in [6.45, 7) is 1.98. The Morgan fingerprint density at radius 1 is 0.974 bits per heavy atom. The quantitative estimate of drug-likeness (QED) is 0.209. The molecule has 0 bridgehead atoms. The maximum absolute atomic E-state index is 13.8. The number of ether oxygens (including phenoxy) is 2. The lowest BCUT2D eigenvalue weighted by Crippen LogP contribution is -2.67. The topological polar surface area (TPSA) is 64.6 Å². The molecular weight excluding hydrogens is 498 g/mol. The van der Waals surface area contributed by atoms with Crippen molar-refractivity contribution in [2.45, 2.75) is 38.0 Å². The van der Waals surface area contributed by atoms with Gasteiger partial charge in [-0.3, -0.25) is 4.79 Å². The summed E-state index contributed by atoms with van der Waals surface area (Å²) in [6, 6.07) is 26.9. The van der Waals surface area contributed by atoms with E-state index >= 15 is 0 Å². The maximum Gasteiger partial charge on any atom is 0.335 e. The third-order valence-electron chi connectivity index (χ3n) is 7.93. The van der Waals surface area contributed by atoms with Crippen LogP contribution in [-0.2, 0) is 14.3 Å². The lowest BCUT2D eigenvalue weighted by atomic mass is 9.57. The molecule has 5 nitrogen and oxygen atoms in total. The number of hydrogen-bond acceptors (Lipinski definition) is 4. The lowest BCUT2D eigenvalue weighted by Gasteiger charge is -2.56. The van der Waals surface area contributed by atoms with Gasteiger partial charge >= 0.3 is 5.97 Å². The normalized spacial score (nSPS) is 22.4. The zero-order valence-electron chi connectivity index (χ0n) is 21.7. The van der Waals surface area contributed by atoms with Gasteiger partial charge in [-0.15, -0.1) is 11.6 Å². The molecular formula is C32H32ClNO4. The molecule has 196 valence electrons. The van der Waals surface area contributed by atoms with Crippen LogP contribution in [0.15, 0.2) is 96.1 Å². The van der Waals surface area contributed by atoms with Gasteiger partial charge in [0.25, 0.3) is 5.91 Å². The zero-order chi connectivity index (χ0) is 26.7. The summed E-state index contributed by atoms with van der Waals surface area (Å²) in [5, 5.41) is 3.13. The first-order chi connectivity index (χ1) is 18.5. The number of alkyl halides is 1. The Morgan fingerprint density at radius 2 is 1.58 bits per heavy atom. The molecule has 0 saturated heterocycles. The van der Waals surface area contributed by atoms with Crippen LogP contribution in [-0.4, -0.2) is 30.6 Å². The molecule has 1 fully saturated rings. The number of rotatable bonds is 8. The highest BCUT2D eigenvalue weighted by molar-refractivity contribution is 6.20. The number of allylic oxidation sites excluding steroid dienone is 1. The number of halogens is 1. The standard InChI is InChI=1S/C32H32ClNO4/c1-21-13-15-24(16-14-21)30(35)34-32(37-2)19-26-27(32)18-17-25(20-33)28(26)31(36)38-29(22-9-5-3-6-10-22)23-11-7-4-8-12-23/h3-16,26-27,29H,17-20H2,1-2H3,(H,34,35)/t26?,27-,32-/m1/s1. The van der Waals surface area contributed by atoms with Gasteiger partial charge in [0.2, 0.25) is 0 Å². The SMILES string of the molecule is CO[C@]1(NC(=O)c2ccc(C)cc2)CC2C(C(=O)OC(c3ccccc3)c3ccccc3)=C(CCl)CC[C@H]21. The Hall–Kier alpha value is -3.41. The highest BCUT2D eigenvalue weighted by Crippen LogP contribution is 2.55. The molecule has 38 heavy (non-hydrogen) atoms. The number of methoxy groups -OCH3 is 1. The minimum absolute atomic E-state index is 0.0525. The average Bonchev–Trinajstić information content (AvgIpc) is 2.95. The van der Waals surface area contributed by atoms with Crippen molar-refractivity contribution in [1.29, 1.82) is 0 Å². The van der Waals surface area contributed by atoms with Crippen LogP contribution in [0, 0.1) is 18.8 Å². The second-order valence-corrected chi connectivity index (χ2v) is 10.4. The first-order valence-electron chi connectivity index (χ1n) is 13.0. The van der Waals surface area contributed by atoms with Gasteiger partial charge in [0, 0.05) is 42.4 Å². The molecule has 3 atom stereocenters. The molecule has 2 aliphatic rings.